The van der Waals surface area contributed by atoms with E-state index < -0.39 is 6.03 Å². The Balaban J connectivity index is 1.68. The van der Waals surface area contributed by atoms with Crippen LogP contribution in [-0.4, -0.2) is 31.0 Å². The van der Waals surface area contributed by atoms with Crippen molar-refractivity contribution in [2.75, 3.05) is 5.32 Å². The summed E-state index contributed by atoms with van der Waals surface area (Å²) in [7, 11) is 0. The monoisotopic (exact) mass is 429 g/mol. The molecule has 0 bridgehead atoms. The highest BCUT2D eigenvalue weighted by molar-refractivity contribution is 6.30. The predicted octanol–water partition coefficient (Wildman–Crippen LogP) is 4.62. The van der Waals surface area contributed by atoms with Crippen molar-refractivity contribution in [3.63, 3.8) is 0 Å². The van der Waals surface area contributed by atoms with Crippen molar-refractivity contribution < 1.29 is 4.79 Å². The van der Waals surface area contributed by atoms with Gasteiger partial charge in [0, 0.05) is 16.1 Å². The number of H-pyrrole nitrogens is 1. The van der Waals surface area contributed by atoms with Crippen LogP contribution in [0.3, 0.4) is 0 Å². The molecule has 0 aliphatic rings. The van der Waals surface area contributed by atoms with Crippen LogP contribution in [0.2, 0.25) is 5.02 Å². The molecule has 0 saturated heterocycles. The first-order valence-corrected chi connectivity index (χ1v) is 9.80. The van der Waals surface area contributed by atoms with E-state index in [1.165, 1.54) is 0 Å². The van der Waals surface area contributed by atoms with Crippen molar-refractivity contribution in [2.24, 2.45) is 5.73 Å². The third kappa shape index (κ3) is 3.60. The second-order valence-electron chi connectivity index (χ2n) is 6.85. The number of aromatic amines is 1. The van der Waals surface area contributed by atoms with Gasteiger partial charge in [0.2, 0.25) is 5.95 Å². The van der Waals surface area contributed by atoms with Gasteiger partial charge in [-0.25, -0.2) is 14.5 Å². The maximum Gasteiger partial charge on any atom is 0.318 e. The lowest BCUT2D eigenvalue weighted by Crippen LogP contribution is -2.20. The van der Waals surface area contributed by atoms with Gasteiger partial charge >= 0.3 is 6.03 Å². The zero-order chi connectivity index (χ0) is 21.4. The van der Waals surface area contributed by atoms with Gasteiger partial charge in [0.1, 0.15) is 5.52 Å². The smallest absolute Gasteiger partial charge is 0.318 e. The third-order valence-electron chi connectivity index (χ3n) is 4.78. The fourth-order valence-corrected chi connectivity index (χ4v) is 3.63. The largest absolute Gasteiger partial charge is 0.351 e. The maximum atomic E-state index is 11.4. The lowest BCUT2D eigenvalue weighted by molar-refractivity contribution is 0.259. The van der Waals surface area contributed by atoms with Crippen LogP contribution in [0.1, 0.15) is 0 Å². The first kappa shape index (κ1) is 18.8. The molecule has 152 valence electrons. The SMILES string of the molecule is NC(=O)Nc1nc(-c2cccc(Cl)c2)c(-c2ccc3nnn(-c4ccccc4)c3c2)[nH]1. The molecule has 31 heavy (non-hydrogen) atoms. The average Bonchev–Trinajstić information content (AvgIpc) is 3.38. The maximum absolute atomic E-state index is 11.4. The Morgan fingerprint density at radius 2 is 1.84 bits per heavy atom. The molecule has 0 aliphatic heterocycles. The molecule has 4 N–H and O–H groups in total. The standard InChI is InChI=1S/C22H16ClN7O/c23-15-6-4-5-13(11-15)19-20(26-22(25-19)27-21(24)31)14-9-10-17-18(12-14)30(29-28-17)16-7-2-1-3-8-16/h1-12H,(H4,24,25,26,27,31). The zero-order valence-electron chi connectivity index (χ0n) is 16.1. The number of primary amides is 1. The molecule has 2 heterocycles. The molecule has 0 unspecified atom stereocenters. The Labute approximate surface area is 181 Å². The molecular formula is C22H16ClN7O. The molecule has 8 nitrogen and oxygen atoms in total. The van der Waals surface area contributed by atoms with Gasteiger partial charge in [-0.1, -0.05) is 53.2 Å². The summed E-state index contributed by atoms with van der Waals surface area (Å²) < 4.78 is 1.77. The average molecular weight is 430 g/mol. The summed E-state index contributed by atoms with van der Waals surface area (Å²) in [6.45, 7) is 0. The number of nitrogens with zero attached hydrogens (tertiary/aromatic N) is 4. The number of anilines is 1. The molecule has 3 aromatic carbocycles. The van der Waals surface area contributed by atoms with E-state index in [-0.39, 0.29) is 5.95 Å². The second-order valence-corrected chi connectivity index (χ2v) is 7.29. The lowest BCUT2D eigenvalue weighted by atomic mass is 10.0. The van der Waals surface area contributed by atoms with Gasteiger partial charge in [-0.05, 0) is 36.4 Å². The van der Waals surface area contributed by atoms with Crippen molar-refractivity contribution in [2.45, 2.75) is 0 Å². The van der Waals surface area contributed by atoms with E-state index in [1.807, 2.05) is 66.7 Å². The van der Waals surface area contributed by atoms with Crippen molar-refractivity contribution in [3.05, 3.63) is 77.8 Å². The van der Waals surface area contributed by atoms with Crippen molar-refractivity contribution in [3.8, 4) is 28.2 Å². The zero-order valence-corrected chi connectivity index (χ0v) is 16.8. The van der Waals surface area contributed by atoms with Gasteiger partial charge in [-0.2, -0.15) is 0 Å². The minimum absolute atomic E-state index is 0.243. The van der Waals surface area contributed by atoms with E-state index in [4.69, 9.17) is 17.3 Å². The quantitative estimate of drug-likeness (QED) is 0.386. The summed E-state index contributed by atoms with van der Waals surface area (Å²) in [6, 6.07) is 22.2. The number of para-hydroxylation sites is 1. The summed E-state index contributed by atoms with van der Waals surface area (Å²) in [5.74, 6) is 0.243. The Morgan fingerprint density at radius 1 is 1.00 bits per heavy atom. The summed E-state index contributed by atoms with van der Waals surface area (Å²) in [4.78, 5) is 19.0. The van der Waals surface area contributed by atoms with Crippen molar-refractivity contribution in [1.82, 2.24) is 25.0 Å². The summed E-state index contributed by atoms with van der Waals surface area (Å²) >= 11 is 6.19. The molecule has 2 amide bonds. The Bertz CT molecular complexity index is 1410. The van der Waals surface area contributed by atoms with E-state index >= 15 is 0 Å². The Kier molecular flexibility index (Phi) is 4.61. The fourth-order valence-electron chi connectivity index (χ4n) is 3.44. The molecule has 9 heteroatoms. The van der Waals surface area contributed by atoms with E-state index in [2.05, 4.69) is 25.6 Å². The number of nitrogens with two attached hydrogens (primary N) is 1. The number of amides is 2. The summed E-state index contributed by atoms with van der Waals surface area (Å²) in [5.41, 5.74) is 10.7. The molecule has 0 radical (unpaired) electrons. The first-order chi connectivity index (χ1) is 15.1. The third-order valence-corrected chi connectivity index (χ3v) is 5.01. The minimum Gasteiger partial charge on any atom is -0.351 e. The highest BCUT2D eigenvalue weighted by Gasteiger charge is 2.17. The van der Waals surface area contributed by atoms with Gasteiger partial charge in [-0.15, -0.1) is 5.10 Å². The molecule has 0 saturated carbocycles. The van der Waals surface area contributed by atoms with E-state index in [0.29, 0.717) is 16.4 Å². The van der Waals surface area contributed by atoms with Crippen LogP contribution < -0.4 is 11.1 Å². The number of carbonyl (C=O) groups is 1. The van der Waals surface area contributed by atoms with Crippen molar-refractivity contribution in [1.29, 1.82) is 0 Å². The molecule has 5 aromatic rings. The molecule has 0 aliphatic carbocycles. The van der Waals surface area contributed by atoms with Crippen LogP contribution in [-0.2, 0) is 0 Å². The van der Waals surface area contributed by atoms with Gasteiger partial charge < -0.3 is 10.7 Å². The first-order valence-electron chi connectivity index (χ1n) is 9.42. The Hall–Kier alpha value is -4.17. The number of urea groups is 1. The van der Waals surface area contributed by atoms with Crippen LogP contribution in [0.4, 0.5) is 10.7 Å². The Morgan fingerprint density at radius 3 is 2.61 bits per heavy atom. The normalized spacial score (nSPS) is 11.0. The predicted molar refractivity (Wildman–Crippen MR) is 120 cm³/mol. The van der Waals surface area contributed by atoms with E-state index in [1.54, 1.807) is 10.7 Å². The number of hydrogen-bond donors (Lipinski definition) is 3. The fraction of sp³-hybridized carbons (Fsp3) is 0. The number of nitrogens with one attached hydrogen (secondary N) is 2. The number of halogens is 1. The topological polar surface area (TPSA) is 115 Å². The number of hydrogen-bond acceptors (Lipinski definition) is 4. The van der Waals surface area contributed by atoms with Crippen LogP contribution in [0.15, 0.2) is 72.8 Å². The second kappa shape index (κ2) is 7.58. The number of aromatic nitrogens is 5. The molecule has 0 spiro atoms. The number of benzene rings is 3. The van der Waals surface area contributed by atoms with Crippen LogP contribution in [0.5, 0.6) is 0 Å². The molecule has 2 aromatic heterocycles. The highest BCUT2D eigenvalue weighted by atomic mass is 35.5. The van der Waals surface area contributed by atoms with Gasteiger partial charge in [-0.3, -0.25) is 5.32 Å². The van der Waals surface area contributed by atoms with Crippen LogP contribution >= 0.6 is 11.6 Å². The molecule has 0 atom stereocenters. The van der Waals surface area contributed by atoms with E-state index in [9.17, 15) is 4.79 Å². The molecular weight excluding hydrogens is 414 g/mol. The van der Waals surface area contributed by atoms with Crippen LogP contribution in [0.25, 0.3) is 39.2 Å². The van der Waals surface area contributed by atoms with Gasteiger partial charge in [0.25, 0.3) is 0 Å². The molecule has 5 rings (SSSR count). The summed E-state index contributed by atoms with van der Waals surface area (Å²) in [5, 5.41) is 11.6. The van der Waals surface area contributed by atoms with Gasteiger partial charge in [0.15, 0.2) is 0 Å². The highest BCUT2D eigenvalue weighted by Crippen LogP contribution is 2.34. The van der Waals surface area contributed by atoms with E-state index in [0.717, 1.165) is 27.8 Å². The minimum atomic E-state index is -0.709. The number of rotatable bonds is 4. The van der Waals surface area contributed by atoms with Crippen molar-refractivity contribution >= 4 is 34.6 Å². The molecule has 0 fully saturated rings. The lowest BCUT2D eigenvalue weighted by Gasteiger charge is -2.06. The number of fused-ring (bicyclic) bond motifs is 1. The summed E-state index contributed by atoms with van der Waals surface area (Å²) in [6.07, 6.45) is 0. The van der Waals surface area contributed by atoms with Gasteiger partial charge in [0.05, 0.1) is 22.6 Å². The van der Waals surface area contributed by atoms with Crippen LogP contribution in [0, 0.1) is 0 Å². The number of imidazole rings is 1. The number of carbonyl (C=O) groups excluding carboxylic acids is 1.